The summed E-state index contributed by atoms with van der Waals surface area (Å²) in [6.45, 7) is 8.47. The number of nitrogens with one attached hydrogen (secondary N) is 1. The molecule has 1 aromatic carbocycles. The van der Waals surface area contributed by atoms with E-state index in [4.69, 9.17) is 4.74 Å². The maximum absolute atomic E-state index is 5.96. The Morgan fingerprint density at radius 3 is 2.53 bits per heavy atom. The molecule has 2 rings (SSSR count). The average molecular weight is 261 g/mol. The van der Waals surface area contributed by atoms with Crippen molar-refractivity contribution in [1.82, 2.24) is 5.32 Å². The van der Waals surface area contributed by atoms with E-state index in [0.717, 1.165) is 19.6 Å². The number of aryl methyl sites for hydroxylation is 2. The summed E-state index contributed by atoms with van der Waals surface area (Å²) in [5.74, 6) is 0. The van der Waals surface area contributed by atoms with E-state index in [9.17, 15) is 0 Å². The molecule has 0 radical (unpaired) electrons. The van der Waals surface area contributed by atoms with E-state index in [1.54, 1.807) is 0 Å². The Morgan fingerprint density at radius 2 is 1.95 bits per heavy atom. The van der Waals surface area contributed by atoms with Crippen LogP contribution in [0.15, 0.2) is 18.2 Å². The number of benzene rings is 1. The Morgan fingerprint density at radius 1 is 1.21 bits per heavy atom. The molecule has 0 aromatic heterocycles. The Balaban J connectivity index is 2.06. The molecule has 1 saturated heterocycles. The minimum Gasteiger partial charge on any atom is -0.377 e. The van der Waals surface area contributed by atoms with Crippen LogP contribution in [-0.2, 0) is 11.2 Å². The highest BCUT2D eigenvalue weighted by Crippen LogP contribution is 2.20. The van der Waals surface area contributed by atoms with Gasteiger partial charge in [0.15, 0.2) is 0 Å². The Bertz CT molecular complexity index is 376. The summed E-state index contributed by atoms with van der Waals surface area (Å²) in [6, 6.07) is 7.30. The van der Waals surface area contributed by atoms with E-state index >= 15 is 0 Å². The first-order chi connectivity index (χ1) is 9.19. The summed E-state index contributed by atoms with van der Waals surface area (Å²) in [4.78, 5) is 0. The first-order valence-electron chi connectivity index (χ1n) is 7.61. The molecule has 0 aliphatic carbocycles. The predicted octanol–water partition coefficient (Wildman–Crippen LogP) is 3.39. The molecule has 1 N–H and O–H groups in total. The second-order valence-electron chi connectivity index (χ2n) is 5.77. The molecule has 106 valence electrons. The van der Waals surface area contributed by atoms with Crippen LogP contribution in [0.4, 0.5) is 0 Å². The fraction of sp³-hybridized carbons (Fsp3) is 0.647. The topological polar surface area (TPSA) is 21.3 Å². The number of rotatable bonds is 5. The molecule has 1 aromatic rings. The zero-order valence-electron chi connectivity index (χ0n) is 12.5. The molecule has 2 heteroatoms. The van der Waals surface area contributed by atoms with Gasteiger partial charge in [-0.1, -0.05) is 36.2 Å². The van der Waals surface area contributed by atoms with Crippen LogP contribution in [0.2, 0.25) is 0 Å². The minimum absolute atomic E-state index is 0.384. The van der Waals surface area contributed by atoms with Crippen LogP contribution in [0.1, 0.15) is 42.9 Å². The van der Waals surface area contributed by atoms with Crippen molar-refractivity contribution in [3.05, 3.63) is 34.9 Å². The molecular weight excluding hydrogens is 234 g/mol. The second-order valence-corrected chi connectivity index (χ2v) is 5.77. The van der Waals surface area contributed by atoms with E-state index in [2.05, 4.69) is 44.3 Å². The van der Waals surface area contributed by atoms with Gasteiger partial charge in [-0.15, -0.1) is 0 Å². The standard InChI is InChI=1S/C17H27NO/c1-4-18-16(17-7-5-6-8-19-17)12-15-10-13(2)9-14(3)11-15/h9-11,16-18H,4-8,12H2,1-3H3. The van der Waals surface area contributed by atoms with Crippen LogP contribution in [0.3, 0.4) is 0 Å². The number of hydrogen-bond acceptors (Lipinski definition) is 2. The molecule has 0 spiro atoms. The van der Waals surface area contributed by atoms with Crippen molar-refractivity contribution >= 4 is 0 Å². The van der Waals surface area contributed by atoms with Gasteiger partial charge in [0.05, 0.1) is 6.10 Å². The van der Waals surface area contributed by atoms with Crippen LogP contribution in [0.25, 0.3) is 0 Å². The van der Waals surface area contributed by atoms with E-state index in [1.165, 1.54) is 36.0 Å². The van der Waals surface area contributed by atoms with Gasteiger partial charge in [-0.2, -0.15) is 0 Å². The fourth-order valence-electron chi connectivity index (χ4n) is 3.12. The monoisotopic (exact) mass is 261 g/mol. The molecule has 19 heavy (non-hydrogen) atoms. The van der Waals surface area contributed by atoms with E-state index < -0.39 is 0 Å². The highest BCUT2D eigenvalue weighted by Gasteiger charge is 2.24. The molecule has 1 fully saturated rings. The van der Waals surface area contributed by atoms with Crippen molar-refractivity contribution in [2.24, 2.45) is 0 Å². The van der Waals surface area contributed by atoms with E-state index in [1.807, 2.05) is 0 Å². The molecule has 0 saturated carbocycles. The number of likely N-dealkylation sites (N-methyl/N-ethyl adjacent to an activating group) is 1. The molecule has 0 bridgehead atoms. The quantitative estimate of drug-likeness (QED) is 0.877. The van der Waals surface area contributed by atoms with Crippen molar-refractivity contribution in [3.63, 3.8) is 0 Å². The maximum Gasteiger partial charge on any atom is 0.0731 e. The fourth-order valence-corrected chi connectivity index (χ4v) is 3.12. The summed E-state index contributed by atoms with van der Waals surface area (Å²) >= 11 is 0. The lowest BCUT2D eigenvalue weighted by Gasteiger charge is -2.31. The highest BCUT2D eigenvalue weighted by atomic mass is 16.5. The van der Waals surface area contributed by atoms with Crippen LogP contribution < -0.4 is 5.32 Å². The summed E-state index contributed by atoms with van der Waals surface area (Å²) in [5, 5.41) is 3.61. The third-order valence-electron chi connectivity index (χ3n) is 3.87. The molecule has 1 heterocycles. The zero-order valence-corrected chi connectivity index (χ0v) is 12.5. The first kappa shape index (κ1) is 14.5. The number of ether oxygens (including phenoxy) is 1. The van der Waals surface area contributed by atoms with Gasteiger partial charge < -0.3 is 10.1 Å². The highest BCUT2D eigenvalue weighted by molar-refractivity contribution is 5.29. The van der Waals surface area contributed by atoms with Crippen molar-refractivity contribution in [1.29, 1.82) is 0 Å². The average Bonchev–Trinajstić information content (AvgIpc) is 2.38. The van der Waals surface area contributed by atoms with Crippen molar-refractivity contribution in [2.75, 3.05) is 13.2 Å². The third kappa shape index (κ3) is 4.32. The largest absolute Gasteiger partial charge is 0.377 e. The van der Waals surface area contributed by atoms with E-state index in [0.29, 0.717) is 12.1 Å². The Labute approximate surface area is 117 Å². The summed E-state index contributed by atoms with van der Waals surface area (Å²) in [6.07, 6.45) is 5.18. The maximum atomic E-state index is 5.96. The predicted molar refractivity (Wildman–Crippen MR) is 80.7 cm³/mol. The van der Waals surface area contributed by atoms with Crippen LogP contribution >= 0.6 is 0 Å². The molecule has 2 atom stereocenters. The summed E-state index contributed by atoms with van der Waals surface area (Å²) in [7, 11) is 0. The van der Waals surface area contributed by atoms with Gasteiger partial charge in [0.2, 0.25) is 0 Å². The minimum atomic E-state index is 0.384. The molecule has 1 aliphatic rings. The van der Waals surface area contributed by atoms with Crippen LogP contribution in [0, 0.1) is 13.8 Å². The second kappa shape index (κ2) is 7.06. The van der Waals surface area contributed by atoms with Gasteiger partial charge in [-0.05, 0) is 51.6 Å². The Kier molecular flexibility index (Phi) is 5.41. The van der Waals surface area contributed by atoms with Gasteiger partial charge in [0.25, 0.3) is 0 Å². The normalized spacial score (nSPS) is 21.3. The summed E-state index contributed by atoms with van der Waals surface area (Å²) < 4.78 is 5.96. The SMILES string of the molecule is CCNC(Cc1cc(C)cc(C)c1)C1CCCCO1. The van der Waals surface area contributed by atoms with Gasteiger partial charge >= 0.3 is 0 Å². The lowest BCUT2D eigenvalue weighted by atomic mass is 9.94. The molecule has 2 nitrogen and oxygen atoms in total. The van der Waals surface area contributed by atoms with Crippen LogP contribution in [-0.4, -0.2) is 25.3 Å². The molecule has 1 aliphatic heterocycles. The molecular formula is C17H27NO. The van der Waals surface area contributed by atoms with E-state index in [-0.39, 0.29) is 0 Å². The molecule has 0 amide bonds. The van der Waals surface area contributed by atoms with Gasteiger partial charge in [-0.3, -0.25) is 0 Å². The van der Waals surface area contributed by atoms with Gasteiger partial charge in [-0.25, -0.2) is 0 Å². The third-order valence-corrected chi connectivity index (χ3v) is 3.87. The lowest BCUT2D eigenvalue weighted by Crippen LogP contribution is -2.44. The summed E-state index contributed by atoms with van der Waals surface area (Å²) in [5.41, 5.74) is 4.14. The van der Waals surface area contributed by atoms with Crippen molar-refractivity contribution in [2.45, 2.75) is 58.6 Å². The van der Waals surface area contributed by atoms with Crippen LogP contribution in [0.5, 0.6) is 0 Å². The zero-order chi connectivity index (χ0) is 13.7. The van der Waals surface area contributed by atoms with Crippen molar-refractivity contribution in [3.8, 4) is 0 Å². The number of hydrogen-bond donors (Lipinski definition) is 1. The first-order valence-corrected chi connectivity index (χ1v) is 7.61. The smallest absolute Gasteiger partial charge is 0.0731 e. The molecule has 2 unspecified atom stereocenters. The lowest BCUT2D eigenvalue weighted by molar-refractivity contribution is -0.00709. The van der Waals surface area contributed by atoms with Crippen molar-refractivity contribution < 1.29 is 4.74 Å². The van der Waals surface area contributed by atoms with Gasteiger partial charge in [0.1, 0.15) is 0 Å². The van der Waals surface area contributed by atoms with Gasteiger partial charge in [0, 0.05) is 12.6 Å². The Hall–Kier alpha value is -0.860.